The predicted octanol–water partition coefficient (Wildman–Crippen LogP) is 2.02. The van der Waals surface area contributed by atoms with Crippen molar-refractivity contribution in [1.29, 1.82) is 0 Å². The number of amides is 1. The predicted molar refractivity (Wildman–Crippen MR) is 132 cm³/mol. The summed E-state index contributed by atoms with van der Waals surface area (Å²) in [4.78, 5) is 21.4. The number of halogens is 1. The first kappa shape index (κ1) is 26.4. The Morgan fingerprint density at radius 3 is 2.41 bits per heavy atom. The van der Waals surface area contributed by atoms with Crippen LogP contribution < -0.4 is 16.0 Å². The van der Waals surface area contributed by atoms with Crippen molar-refractivity contribution in [1.82, 2.24) is 25.8 Å². The van der Waals surface area contributed by atoms with Gasteiger partial charge in [0, 0.05) is 44.8 Å². The van der Waals surface area contributed by atoms with E-state index in [-0.39, 0.29) is 29.9 Å². The molecule has 0 unspecified atom stereocenters. The summed E-state index contributed by atoms with van der Waals surface area (Å²) < 4.78 is 0. The molecule has 1 heterocycles. The molecule has 1 amide bonds. The second-order valence-corrected chi connectivity index (χ2v) is 8.22. The number of nitrogens with zero attached hydrogens (tertiary/aromatic N) is 3. The average molecular weight is 523 g/mol. The number of carbonyl (C=O) groups is 1. The first-order valence-corrected chi connectivity index (χ1v) is 11.4. The van der Waals surface area contributed by atoms with Crippen LogP contribution in [0.5, 0.6) is 0 Å². The highest BCUT2D eigenvalue weighted by molar-refractivity contribution is 14.0. The number of guanidine groups is 1. The number of likely N-dealkylation sites (tertiary alicyclic amines) is 1. The molecule has 1 aliphatic heterocycles. The third kappa shape index (κ3) is 10.3. The minimum absolute atomic E-state index is 0. The number of likely N-dealkylation sites (N-methyl/N-ethyl adjacent to an activating group) is 1. The number of aliphatic imine (C=N–C) groups is 1. The Bertz CT molecular complexity index is 476. The largest absolute Gasteiger partial charge is 0.357 e. The molecule has 1 aliphatic carbocycles. The quantitative estimate of drug-likeness (QED) is 0.233. The van der Waals surface area contributed by atoms with Crippen LogP contribution in [-0.2, 0) is 4.79 Å². The lowest BCUT2D eigenvalue weighted by atomic mass is 10.1. The van der Waals surface area contributed by atoms with Crippen molar-refractivity contribution in [2.75, 3.05) is 52.9 Å². The second-order valence-electron chi connectivity index (χ2n) is 8.22. The first-order chi connectivity index (χ1) is 13.6. The van der Waals surface area contributed by atoms with Gasteiger partial charge < -0.3 is 20.9 Å². The minimum atomic E-state index is 0. The number of nitrogens with one attached hydrogen (secondary N) is 3. The van der Waals surface area contributed by atoms with Gasteiger partial charge in [-0.25, -0.2) is 0 Å². The van der Waals surface area contributed by atoms with Gasteiger partial charge in [-0.15, -0.1) is 24.0 Å². The maximum atomic E-state index is 11.9. The molecule has 1 saturated heterocycles. The van der Waals surface area contributed by atoms with Crippen LogP contribution in [0.15, 0.2) is 4.99 Å². The highest BCUT2D eigenvalue weighted by Gasteiger charge is 2.22. The van der Waals surface area contributed by atoms with Crippen molar-refractivity contribution < 1.29 is 4.79 Å². The van der Waals surface area contributed by atoms with Gasteiger partial charge in [-0.3, -0.25) is 14.7 Å². The van der Waals surface area contributed by atoms with E-state index in [0.717, 1.165) is 70.5 Å². The molecule has 0 spiro atoms. The maximum absolute atomic E-state index is 11.9. The molecule has 2 aliphatic rings. The van der Waals surface area contributed by atoms with E-state index < -0.39 is 0 Å². The van der Waals surface area contributed by atoms with Gasteiger partial charge in [-0.2, -0.15) is 0 Å². The summed E-state index contributed by atoms with van der Waals surface area (Å²) in [6, 6.07) is 1.19. The normalized spacial score (nSPS) is 19.2. The Kier molecular flexibility index (Phi) is 13.9. The van der Waals surface area contributed by atoms with Crippen LogP contribution in [-0.4, -0.2) is 86.6 Å². The molecule has 3 N–H and O–H groups in total. The molecule has 0 bridgehead atoms. The lowest BCUT2D eigenvalue weighted by Crippen LogP contribution is -2.50. The molecular weight excluding hydrogens is 479 g/mol. The van der Waals surface area contributed by atoms with Crippen LogP contribution in [0.4, 0.5) is 0 Å². The summed E-state index contributed by atoms with van der Waals surface area (Å²) in [6.07, 6.45) is 8.52. The fraction of sp³-hybridized carbons (Fsp3) is 0.905. The lowest BCUT2D eigenvalue weighted by molar-refractivity contribution is -0.122. The molecule has 170 valence electrons. The summed E-state index contributed by atoms with van der Waals surface area (Å²) in [5.41, 5.74) is 0. The topological polar surface area (TPSA) is 72.0 Å². The van der Waals surface area contributed by atoms with E-state index in [1.54, 1.807) is 0 Å². The molecule has 0 aromatic rings. The zero-order valence-electron chi connectivity index (χ0n) is 18.7. The molecule has 0 aromatic carbocycles. The highest BCUT2D eigenvalue weighted by Crippen LogP contribution is 2.21. The van der Waals surface area contributed by atoms with Crippen LogP contribution in [0.2, 0.25) is 0 Å². The molecular formula is C21H43IN6O. The highest BCUT2D eigenvalue weighted by atomic mass is 127. The maximum Gasteiger partial charge on any atom is 0.234 e. The number of hydrogen-bond donors (Lipinski definition) is 3. The monoisotopic (exact) mass is 522 g/mol. The Balaban J connectivity index is 0.00000420. The van der Waals surface area contributed by atoms with Gasteiger partial charge >= 0.3 is 0 Å². The van der Waals surface area contributed by atoms with E-state index in [1.807, 2.05) is 0 Å². The van der Waals surface area contributed by atoms with Crippen LogP contribution in [0.25, 0.3) is 0 Å². The molecule has 1 saturated carbocycles. The minimum Gasteiger partial charge on any atom is -0.357 e. The molecule has 2 rings (SSSR count). The summed E-state index contributed by atoms with van der Waals surface area (Å²) in [7, 11) is 2.23. The number of piperidine rings is 1. The first-order valence-electron chi connectivity index (χ1n) is 11.4. The zero-order valence-corrected chi connectivity index (χ0v) is 21.0. The average Bonchev–Trinajstić information content (AvgIpc) is 3.23. The third-order valence-electron chi connectivity index (χ3n) is 5.88. The van der Waals surface area contributed by atoms with E-state index in [0.29, 0.717) is 12.6 Å². The van der Waals surface area contributed by atoms with Crippen LogP contribution in [0.1, 0.15) is 58.8 Å². The van der Waals surface area contributed by atoms with E-state index in [9.17, 15) is 4.79 Å². The van der Waals surface area contributed by atoms with Gasteiger partial charge in [0.2, 0.25) is 5.91 Å². The van der Waals surface area contributed by atoms with Crippen molar-refractivity contribution in [2.45, 2.75) is 70.9 Å². The summed E-state index contributed by atoms with van der Waals surface area (Å²) in [6.45, 7) is 10.1. The Morgan fingerprint density at radius 2 is 1.79 bits per heavy atom. The smallest absolute Gasteiger partial charge is 0.234 e. The van der Waals surface area contributed by atoms with Gasteiger partial charge in [0.1, 0.15) is 0 Å². The van der Waals surface area contributed by atoms with Crippen LogP contribution in [0.3, 0.4) is 0 Å². The Labute approximate surface area is 194 Å². The van der Waals surface area contributed by atoms with E-state index >= 15 is 0 Å². The number of hydrogen-bond acceptors (Lipinski definition) is 4. The van der Waals surface area contributed by atoms with Crippen LogP contribution in [0, 0.1) is 0 Å². The van der Waals surface area contributed by atoms with Gasteiger partial charge in [0.05, 0.1) is 13.1 Å². The molecule has 8 heteroatoms. The number of rotatable bonds is 10. The van der Waals surface area contributed by atoms with Gasteiger partial charge in [0.25, 0.3) is 0 Å². The molecule has 0 radical (unpaired) electrons. The van der Waals surface area contributed by atoms with Gasteiger partial charge in [0.15, 0.2) is 5.96 Å². The molecule has 7 nitrogen and oxygen atoms in total. The SMILES string of the molecule is CCCNC(=O)CN1CCC(NC(=NCCN(C)C2CCCC2)NCC)CC1.I. The van der Waals surface area contributed by atoms with Crippen molar-refractivity contribution in [2.24, 2.45) is 4.99 Å². The second kappa shape index (κ2) is 15.2. The molecule has 0 aromatic heterocycles. The van der Waals surface area contributed by atoms with Crippen LogP contribution >= 0.6 is 24.0 Å². The van der Waals surface area contributed by atoms with Crippen molar-refractivity contribution in [3.8, 4) is 0 Å². The van der Waals surface area contributed by atoms with E-state index in [4.69, 9.17) is 4.99 Å². The molecule has 0 atom stereocenters. The van der Waals surface area contributed by atoms with Gasteiger partial charge in [-0.05, 0) is 46.1 Å². The summed E-state index contributed by atoms with van der Waals surface area (Å²) >= 11 is 0. The Morgan fingerprint density at radius 1 is 1.10 bits per heavy atom. The Hall–Kier alpha value is -0.610. The summed E-state index contributed by atoms with van der Waals surface area (Å²) in [5.74, 6) is 1.08. The zero-order chi connectivity index (χ0) is 20.2. The van der Waals surface area contributed by atoms with Crippen molar-refractivity contribution >= 4 is 35.8 Å². The van der Waals surface area contributed by atoms with Crippen molar-refractivity contribution in [3.05, 3.63) is 0 Å². The van der Waals surface area contributed by atoms with Gasteiger partial charge in [-0.1, -0.05) is 19.8 Å². The van der Waals surface area contributed by atoms with E-state index in [1.165, 1.54) is 25.7 Å². The fourth-order valence-corrected chi connectivity index (χ4v) is 4.12. The number of carbonyl (C=O) groups excluding carboxylic acids is 1. The third-order valence-corrected chi connectivity index (χ3v) is 5.88. The molecule has 2 fully saturated rings. The lowest BCUT2D eigenvalue weighted by Gasteiger charge is -2.32. The summed E-state index contributed by atoms with van der Waals surface area (Å²) in [5, 5.41) is 9.95. The van der Waals surface area contributed by atoms with E-state index in [2.05, 4.69) is 46.6 Å². The fourth-order valence-electron chi connectivity index (χ4n) is 4.12. The van der Waals surface area contributed by atoms with Crippen molar-refractivity contribution in [3.63, 3.8) is 0 Å². The molecule has 29 heavy (non-hydrogen) atoms. The standard InChI is InChI=1S/C21H42N6O.HI/c1-4-12-23-20(28)17-27-14-10-18(11-15-27)25-21(22-5-2)24-13-16-26(3)19-8-6-7-9-19;/h18-19H,4-17H2,1-3H3,(H,23,28)(H2,22,24,25);1H.